The number of nitro benzene ring substituents is 1. The van der Waals surface area contributed by atoms with Gasteiger partial charge in [0.2, 0.25) is 5.91 Å². The Bertz CT molecular complexity index is 943. The zero-order valence-electron chi connectivity index (χ0n) is 14.5. The number of nitro groups is 1. The highest BCUT2D eigenvalue weighted by Crippen LogP contribution is 2.35. The first kappa shape index (κ1) is 17.0. The van der Waals surface area contributed by atoms with Crippen molar-refractivity contribution in [3.63, 3.8) is 0 Å². The number of rotatable bonds is 3. The summed E-state index contributed by atoms with van der Waals surface area (Å²) in [6, 6.07) is 11.7. The number of nitrogens with zero attached hydrogens (tertiary/aromatic N) is 3. The lowest BCUT2D eigenvalue weighted by molar-refractivity contribution is -0.384. The number of aryl methyl sites for hydroxylation is 1. The fraction of sp³-hybridized carbons (Fsp3) is 0.263. The van der Waals surface area contributed by atoms with E-state index in [1.54, 1.807) is 4.90 Å². The minimum atomic E-state index is -0.541. The number of ether oxygens (including phenoxy) is 1. The van der Waals surface area contributed by atoms with E-state index in [0.717, 1.165) is 24.1 Å². The highest BCUT2D eigenvalue weighted by Gasteiger charge is 2.31. The third-order valence-electron chi connectivity index (χ3n) is 4.80. The molecule has 2 amide bonds. The van der Waals surface area contributed by atoms with Crippen molar-refractivity contribution < 1.29 is 19.2 Å². The van der Waals surface area contributed by atoms with Crippen LogP contribution in [0.3, 0.4) is 0 Å². The standard InChI is InChI=1S/C19H17N3O5/c23-18(20-9-3-5-13-4-1-2-6-15(13)20)11-21-16-10-14(22(25)26)7-8-17(16)27-12-19(21)24/h1-2,4,6-8,10H,3,5,9,11-12H2. The first-order valence-corrected chi connectivity index (χ1v) is 8.64. The molecule has 8 nitrogen and oxygen atoms in total. The van der Waals surface area contributed by atoms with Gasteiger partial charge in [0.25, 0.3) is 11.6 Å². The molecule has 0 bridgehead atoms. The van der Waals surface area contributed by atoms with E-state index < -0.39 is 10.8 Å². The van der Waals surface area contributed by atoms with Crippen LogP contribution in [-0.2, 0) is 16.0 Å². The SMILES string of the molecule is O=C(CN1C(=O)COc2ccc([N+](=O)[O-])cc21)N1CCCc2ccccc21. The van der Waals surface area contributed by atoms with Crippen molar-refractivity contribution in [1.29, 1.82) is 0 Å². The molecule has 0 spiro atoms. The summed E-state index contributed by atoms with van der Waals surface area (Å²) >= 11 is 0. The van der Waals surface area contributed by atoms with E-state index in [-0.39, 0.29) is 30.4 Å². The lowest BCUT2D eigenvalue weighted by Gasteiger charge is -2.33. The van der Waals surface area contributed by atoms with Crippen LogP contribution in [0.5, 0.6) is 5.75 Å². The largest absolute Gasteiger partial charge is 0.482 e. The molecule has 2 heterocycles. The van der Waals surface area contributed by atoms with E-state index in [0.29, 0.717) is 12.3 Å². The number of hydrogen-bond donors (Lipinski definition) is 0. The van der Waals surface area contributed by atoms with Gasteiger partial charge in [0.05, 0.1) is 10.6 Å². The van der Waals surface area contributed by atoms with E-state index in [4.69, 9.17) is 4.74 Å². The lowest BCUT2D eigenvalue weighted by atomic mass is 10.0. The zero-order valence-corrected chi connectivity index (χ0v) is 14.5. The van der Waals surface area contributed by atoms with Gasteiger partial charge in [-0.3, -0.25) is 24.6 Å². The van der Waals surface area contributed by atoms with Crippen LogP contribution >= 0.6 is 0 Å². The molecule has 138 valence electrons. The molecule has 4 rings (SSSR count). The van der Waals surface area contributed by atoms with Crippen molar-refractivity contribution >= 4 is 28.9 Å². The molecule has 0 unspecified atom stereocenters. The van der Waals surface area contributed by atoms with Crippen LogP contribution in [0.1, 0.15) is 12.0 Å². The monoisotopic (exact) mass is 367 g/mol. The topological polar surface area (TPSA) is 93.0 Å². The van der Waals surface area contributed by atoms with E-state index in [1.165, 1.54) is 23.1 Å². The molecular formula is C19H17N3O5. The molecule has 0 saturated heterocycles. The Morgan fingerprint density at radius 2 is 2.00 bits per heavy atom. The molecule has 2 aliphatic rings. The number of non-ortho nitro benzene ring substituents is 1. The molecule has 0 N–H and O–H groups in total. The number of para-hydroxylation sites is 1. The second-order valence-corrected chi connectivity index (χ2v) is 6.46. The quantitative estimate of drug-likeness (QED) is 0.613. The minimum absolute atomic E-state index is 0.159. The van der Waals surface area contributed by atoms with Gasteiger partial charge in [-0.1, -0.05) is 18.2 Å². The number of hydrogen-bond acceptors (Lipinski definition) is 5. The second-order valence-electron chi connectivity index (χ2n) is 6.46. The average molecular weight is 367 g/mol. The first-order valence-electron chi connectivity index (χ1n) is 8.64. The summed E-state index contributed by atoms with van der Waals surface area (Å²) in [4.78, 5) is 38.8. The van der Waals surface area contributed by atoms with Crippen LogP contribution in [-0.4, -0.2) is 36.4 Å². The summed E-state index contributed by atoms with van der Waals surface area (Å²) in [7, 11) is 0. The molecule has 8 heteroatoms. The Hall–Kier alpha value is -3.42. The van der Waals surface area contributed by atoms with Crippen LogP contribution in [0, 0.1) is 10.1 Å². The van der Waals surface area contributed by atoms with Crippen LogP contribution in [0.2, 0.25) is 0 Å². The molecule has 0 radical (unpaired) electrons. The van der Waals surface area contributed by atoms with Crippen molar-refractivity contribution in [2.75, 3.05) is 29.5 Å². The molecule has 2 aromatic rings. The molecule has 0 aliphatic carbocycles. The number of amides is 2. The molecular weight excluding hydrogens is 350 g/mol. The van der Waals surface area contributed by atoms with Gasteiger partial charge in [-0.05, 0) is 30.5 Å². The number of carbonyl (C=O) groups excluding carboxylic acids is 2. The number of anilines is 2. The Morgan fingerprint density at radius 3 is 2.81 bits per heavy atom. The van der Waals surface area contributed by atoms with E-state index >= 15 is 0 Å². The lowest BCUT2D eigenvalue weighted by Crippen LogP contribution is -2.47. The maximum Gasteiger partial charge on any atom is 0.271 e. The third kappa shape index (κ3) is 3.10. The van der Waals surface area contributed by atoms with Gasteiger partial charge in [0.1, 0.15) is 12.3 Å². The third-order valence-corrected chi connectivity index (χ3v) is 4.80. The summed E-state index contributed by atoms with van der Waals surface area (Å²) < 4.78 is 5.35. The van der Waals surface area contributed by atoms with Gasteiger partial charge in [-0.2, -0.15) is 0 Å². The zero-order chi connectivity index (χ0) is 19.0. The average Bonchev–Trinajstić information content (AvgIpc) is 2.69. The van der Waals surface area contributed by atoms with Gasteiger partial charge >= 0.3 is 0 Å². The van der Waals surface area contributed by atoms with Crippen molar-refractivity contribution in [2.45, 2.75) is 12.8 Å². The smallest absolute Gasteiger partial charge is 0.271 e. The predicted molar refractivity (Wildman–Crippen MR) is 98.1 cm³/mol. The first-order chi connectivity index (χ1) is 13.0. The molecule has 2 aliphatic heterocycles. The van der Waals surface area contributed by atoms with Crippen molar-refractivity contribution in [2.24, 2.45) is 0 Å². The summed E-state index contributed by atoms with van der Waals surface area (Å²) in [5.41, 5.74) is 2.04. The fourth-order valence-electron chi connectivity index (χ4n) is 3.49. The maximum atomic E-state index is 13.0. The van der Waals surface area contributed by atoms with Gasteiger partial charge in [0.15, 0.2) is 6.61 Å². The second kappa shape index (κ2) is 6.71. The van der Waals surface area contributed by atoms with Crippen molar-refractivity contribution in [3.8, 4) is 5.75 Å². The van der Waals surface area contributed by atoms with Gasteiger partial charge in [-0.25, -0.2) is 0 Å². The molecule has 0 saturated carbocycles. The summed E-state index contributed by atoms with van der Waals surface area (Å²) in [6.45, 7) is 0.190. The molecule has 27 heavy (non-hydrogen) atoms. The summed E-state index contributed by atoms with van der Waals surface area (Å²) in [5.74, 6) is -0.274. The highest BCUT2D eigenvalue weighted by atomic mass is 16.6. The summed E-state index contributed by atoms with van der Waals surface area (Å²) in [5, 5.41) is 11.1. The summed E-state index contributed by atoms with van der Waals surface area (Å²) in [6.07, 6.45) is 1.76. The number of fused-ring (bicyclic) bond motifs is 2. The van der Waals surface area contributed by atoms with Crippen LogP contribution in [0.15, 0.2) is 42.5 Å². The maximum absolute atomic E-state index is 13.0. The van der Waals surface area contributed by atoms with Crippen molar-refractivity contribution in [3.05, 3.63) is 58.1 Å². The van der Waals surface area contributed by atoms with Crippen LogP contribution in [0.4, 0.5) is 17.1 Å². The van der Waals surface area contributed by atoms with Gasteiger partial charge in [0, 0.05) is 24.4 Å². The predicted octanol–water partition coefficient (Wildman–Crippen LogP) is 2.30. The normalized spacial score (nSPS) is 15.6. The Kier molecular flexibility index (Phi) is 4.23. The van der Waals surface area contributed by atoms with Crippen LogP contribution < -0.4 is 14.5 Å². The Balaban J connectivity index is 1.63. The molecule has 2 aromatic carbocycles. The fourth-order valence-corrected chi connectivity index (χ4v) is 3.49. The van der Waals surface area contributed by atoms with Crippen LogP contribution in [0.25, 0.3) is 0 Å². The Labute approximate surface area is 155 Å². The van der Waals surface area contributed by atoms with Gasteiger partial charge in [-0.15, -0.1) is 0 Å². The van der Waals surface area contributed by atoms with E-state index in [2.05, 4.69) is 0 Å². The van der Waals surface area contributed by atoms with Gasteiger partial charge < -0.3 is 9.64 Å². The molecule has 0 atom stereocenters. The van der Waals surface area contributed by atoms with E-state index in [9.17, 15) is 19.7 Å². The molecule has 0 fully saturated rings. The highest BCUT2D eigenvalue weighted by molar-refractivity contribution is 6.06. The molecule has 0 aromatic heterocycles. The number of benzene rings is 2. The van der Waals surface area contributed by atoms with Crippen molar-refractivity contribution in [1.82, 2.24) is 0 Å². The van der Waals surface area contributed by atoms with E-state index in [1.807, 2.05) is 24.3 Å². The Morgan fingerprint density at radius 1 is 1.19 bits per heavy atom. The minimum Gasteiger partial charge on any atom is -0.482 e. The number of carbonyl (C=O) groups is 2.